The lowest BCUT2D eigenvalue weighted by atomic mass is 10.3. The molecule has 4 nitrogen and oxygen atoms in total. The summed E-state index contributed by atoms with van der Waals surface area (Å²) in [6, 6.07) is 9.65. The maximum Gasteiger partial charge on any atom is 0.339 e. The van der Waals surface area contributed by atoms with Crippen molar-refractivity contribution in [2.24, 2.45) is 0 Å². The van der Waals surface area contributed by atoms with Gasteiger partial charge in [0.15, 0.2) is 0 Å². The fourth-order valence-electron chi connectivity index (χ4n) is 1.67. The Bertz CT molecular complexity index is 351. The SMILES string of the molecule is CCCN(C)C(=O)N(c1ccccc1)N(C)C. The van der Waals surface area contributed by atoms with E-state index in [1.165, 1.54) is 0 Å². The number of carbonyl (C=O) groups excluding carboxylic acids is 1. The Kier molecular flexibility index (Phi) is 4.97. The minimum atomic E-state index is -0.0111. The number of hydrogen-bond acceptors (Lipinski definition) is 2. The molecule has 1 rings (SSSR count). The number of rotatable bonds is 4. The van der Waals surface area contributed by atoms with Crippen LogP contribution in [0, 0.1) is 0 Å². The van der Waals surface area contributed by atoms with Crippen LogP contribution >= 0.6 is 0 Å². The molecular formula is C13H21N3O. The van der Waals surface area contributed by atoms with Crippen LogP contribution in [0.25, 0.3) is 0 Å². The highest BCUT2D eigenvalue weighted by Crippen LogP contribution is 2.16. The molecule has 0 saturated heterocycles. The van der Waals surface area contributed by atoms with Gasteiger partial charge in [-0.1, -0.05) is 25.1 Å². The Balaban J connectivity index is 2.91. The van der Waals surface area contributed by atoms with Crippen LogP contribution in [0.2, 0.25) is 0 Å². The fourth-order valence-corrected chi connectivity index (χ4v) is 1.67. The van der Waals surface area contributed by atoms with Crippen LogP contribution in [0.3, 0.4) is 0 Å². The lowest BCUT2D eigenvalue weighted by molar-refractivity contribution is 0.199. The van der Waals surface area contributed by atoms with Gasteiger partial charge in [0.05, 0.1) is 5.69 Å². The normalized spacial score (nSPS) is 10.4. The van der Waals surface area contributed by atoms with E-state index in [2.05, 4.69) is 6.92 Å². The van der Waals surface area contributed by atoms with Crippen LogP contribution in [0.15, 0.2) is 30.3 Å². The summed E-state index contributed by atoms with van der Waals surface area (Å²) in [6.07, 6.45) is 0.957. The molecule has 0 aliphatic heterocycles. The molecule has 0 aliphatic carbocycles. The first-order chi connectivity index (χ1) is 8.07. The third kappa shape index (κ3) is 3.46. The largest absolute Gasteiger partial charge is 0.339 e. The van der Waals surface area contributed by atoms with E-state index in [0.29, 0.717) is 0 Å². The fraction of sp³-hybridized carbons (Fsp3) is 0.462. The van der Waals surface area contributed by atoms with E-state index in [1.54, 1.807) is 14.9 Å². The number of amides is 2. The van der Waals surface area contributed by atoms with E-state index in [1.807, 2.05) is 51.5 Å². The minimum Gasteiger partial charge on any atom is -0.326 e. The second-order valence-corrected chi connectivity index (χ2v) is 4.20. The Morgan fingerprint density at radius 3 is 2.18 bits per heavy atom. The molecule has 0 saturated carbocycles. The van der Waals surface area contributed by atoms with Gasteiger partial charge in [-0.25, -0.2) is 14.8 Å². The maximum absolute atomic E-state index is 12.3. The summed E-state index contributed by atoms with van der Waals surface area (Å²) >= 11 is 0. The molecular weight excluding hydrogens is 214 g/mol. The van der Waals surface area contributed by atoms with E-state index < -0.39 is 0 Å². The topological polar surface area (TPSA) is 26.8 Å². The van der Waals surface area contributed by atoms with Gasteiger partial charge in [0, 0.05) is 27.7 Å². The van der Waals surface area contributed by atoms with E-state index >= 15 is 0 Å². The van der Waals surface area contributed by atoms with Gasteiger partial charge < -0.3 is 4.90 Å². The zero-order chi connectivity index (χ0) is 12.8. The highest BCUT2D eigenvalue weighted by Gasteiger charge is 2.20. The van der Waals surface area contributed by atoms with Crippen LogP contribution in [-0.2, 0) is 0 Å². The molecule has 0 fully saturated rings. The molecule has 4 heteroatoms. The summed E-state index contributed by atoms with van der Waals surface area (Å²) < 4.78 is 0. The molecule has 0 unspecified atom stereocenters. The predicted octanol–water partition coefficient (Wildman–Crippen LogP) is 2.43. The first kappa shape index (κ1) is 13.5. The number of urea groups is 1. The summed E-state index contributed by atoms with van der Waals surface area (Å²) in [4.78, 5) is 14.0. The van der Waals surface area contributed by atoms with Crippen LogP contribution in [0.1, 0.15) is 13.3 Å². The number of hydrazine groups is 1. The highest BCUT2D eigenvalue weighted by atomic mass is 16.2. The Morgan fingerprint density at radius 2 is 1.71 bits per heavy atom. The standard InChI is InChI=1S/C13H21N3O/c1-5-11-15(4)13(17)16(14(2)3)12-9-7-6-8-10-12/h6-10H,5,11H2,1-4H3. The lowest BCUT2D eigenvalue weighted by Gasteiger charge is -2.32. The number of benzene rings is 1. The van der Waals surface area contributed by atoms with Gasteiger partial charge in [-0.05, 0) is 18.6 Å². The van der Waals surface area contributed by atoms with Gasteiger partial charge in [0.2, 0.25) is 0 Å². The van der Waals surface area contributed by atoms with Crippen molar-refractivity contribution in [3.8, 4) is 0 Å². The number of nitrogens with zero attached hydrogens (tertiary/aromatic N) is 3. The van der Waals surface area contributed by atoms with Crippen LogP contribution in [-0.4, -0.2) is 43.6 Å². The van der Waals surface area contributed by atoms with Gasteiger partial charge in [-0.3, -0.25) is 0 Å². The summed E-state index contributed by atoms with van der Waals surface area (Å²) in [5.41, 5.74) is 0.880. The molecule has 94 valence electrons. The van der Waals surface area contributed by atoms with Crippen molar-refractivity contribution in [1.29, 1.82) is 0 Å². The average molecular weight is 235 g/mol. The van der Waals surface area contributed by atoms with Crippen LogP contribution in [0.4, 0.5) is 10.5 Å². The van der Waals surface area contributed by atoms with Gasteiger partial charge in [0.1, 0.15) is 0 Å². The summed E-state index contributed by atoms with van der Waals surface area (Å²) in [6.45, 7) is 2.82. The molecule has 17 heavy (non-hydrogen) atoms. The summed E-state index contributed by atoms with van der Waals surface area (Å²) in [5, 5.41) is 3.46. The molecule has 0 radical (unpaired) electrons. The van der Waals surface area contributed by atoms with Gasteiger partial charge >= 0.3 is 6.03 Å². The molecule has 0 bridgehead atoms. The lowest BCUT2D eigenvalue weighted by Crippen LogP contribution is -2.48. The zero-order valence-electron chi connectivity index (χ0n) is 11.1. The van der Waals surface area contributed by atoms with Gasteiger partial charge in [0.25, 0.3) is 0 Å². The van der Waals surface area contributed by atoms with Crippen molar-refractivity contribution < 1.29 is 4.79 Å². The number of para-hydroxylation sites is 1. The van der Waals surface area contributed by atoms with E-state index in [4.69, 9.17) is 0 Å². The second-order valence-electron chi connectivity index (χ2n) is 4.20. The van der Waals surface area contributed by atoms with Crippen molar-refractivity contribution in [3.63, 3.8) is 0 Å². The molecule has 0 heterocycles. The van der Waals surface area contributed by atoms with Crippen molar-refractivity contribution >= 4 is 11.7 Å². The van der Waals surface area contributed by atoms with E-state index in [-0.39, 0.29) is 6.03 Å². The van der Waals surface area contributed by atoms with Crippen molar-refractivity contribution in [2.75, 3.05) is 32.7 Å². The first-order valence-electron chi connectivity index (χ1n) is 5.85. The smallest absolute Gasteiger partial charge is 0.326 e. The quantitative estimate of drug-likeness (QED) is 0.749. The highest BCUT2D eigenvalue weighted by molar-refractivity contribution is 5.90. The van der Waals surface area contributed by atoms with Crippen LogP contribution < -0.4 is 5.01 Å². The van der Waals surface area contributed by atoms with E-state index in [0.717, 1.165) is 18.7 Å². The molecule has 1 aromatic rings. The third-order valence-electron chi connectivity index (χ3n) is 2.47. The zero-order valence-corrected chi connectivity index (χ0v) is 11.1. The minimum absolute atomic E-state index is 0.0111. The van der Waals surface area contributed by atoms with Crippen LogP contribution in [0.5, 0.6) is 0 Å². The molecule has 0 spiro atoms. The van der Waals surface area contributed by atoms with Gasteiger partial charge in [-0.2, -0.15) is 0 Å². The average Bonchev–Trinajstić information content (AvgIpc) is 2.30. The Morgan fingerprint density at radius 1 is 1.12 bits per heavy atom. The molecule has 1 aromatic carbocycles. The van der Waals surface area contributed by atoms with Crippen molar-refractivity contribution in [2.45, 2.75) is 13.3 Å². The summed E-state index contributed by atoms with van der Waals surface area (Å²) in [7, 11) is 5.56. The van der Waals surface area contributed by atoms with Crippen molar-refractivity contribution in [1.82, 2.24) is 9.91 Å². The van der Waals surface area contributed by atoms with Crippen molar-refractivity contribution in [3.05, 3.63) is 30.3 Å². The molecule has 0 N–H and O–H groups in total. The number of hydrogen-bond donors (Lipinski definition) is 0. The predicted molar refractivity (Wildman–Crippen MR) is 70.9 cm³/mol. The molecule has 0 aromatic heterocycles. The Hall–Kier alpha value is -1.55. The van der Waals surface area contributed by atoms with E-state index in [9.17, 15) is 4.79 Å². The second kappa shape index (κ2) is 6.25. The third-order valence-corrected chi connectivity index (χ3v) is 2.47. The maximum atomic E-state index is 12.3. The number of carbonyl (C=O) groups is 1. The summed E-state index contributed by atoms with van der Waals surface area (Å²) in [5.74, 6) is 0. The Labute approximate surface area is 103 Å². The first-order valence-corrected chi connectivity index (χ1v) is 5.85. The number of anilines is 1. The molecule has 2 amide bonds. The molecule has 0 atom stereocenters. The monoisotopic (exact) mass is 235 g/mol. The van der Waals surface area contributed by atoms with Gasteiger partial charge in [-0.15, -0.1) is 0 Å². The molecule has 0 aliphatic rings.